The second-order valence-corrected chi connectivity index (χ2v) is 5.32. The van der Waals surface area contributed by atoms with E-state index >= 15 is 0 Å². The van der Waals surface area contributed by atoms with Crippen molar-refractivity contribution in [3.63, 3.8) is 0 Å². The second kappa shape index (κ2) is 7.19. The summed E-state index contributed by atoms with van der Waals surface area (Å²) in [6.07, 6.45) is 0. The number of nitrogens with zero attached hydrogens (tertiary/aromatic N) is 2. The minimum atomic E-state index is -0.629. The third-order valence-electron chi connectivity index (χ3n) is 2.61. The Bertz CT molecular complexity index is 704. The van der Waals surface area contributed by atoms with E-state index in [1.165, 1.54) is 13.2 Å². The molecule has 2 aromatic rings. The molecule has 1 N–H and O–H groups in total. The van der Waals surface area contributed by atoms with Gasteiger partial charge in [-0.25, -0.2) is 4.79 Å². The first kappa shape index (κ1) is 16.2. The topological polar surface area (TPSA) is 90.4 Å². The average molecular weight is 342 g/mol. The summed E-state index contributed by atoms with van der Waals surface area (Å²) in [6.45, 7) is 1.22. The smallest absolute Gasteiger partial charge is 0.352 e. The van der Waals surface area contributed by atoms with E-state index in [1.807, 2.05) is 0 Å². The van der Waals surface area contributed by atoms with Gasteiger partial charge in [0.2, 0.25) is 0 Å². The molecular formula is C13H12ClN3O4S. The molecule has 1 heterocycles. The van der Waals surface area contributed by atoms with Crippen LogP contribution in [0.3, 0.4) is 0 Å². The number of ether oxygens (including phenoxy) is 2. The molecule has 0 radical (unpaired) electrons. The maximum atomic E-state index is 11.7. The van der Waals surface area contributed by atoms with Crippen LogP contribution in [0.2, 0.25) is 5.02 Å². The lowest BCUT2D eigenvalue weighted by molar-refractivity contribution is -0.119. The lowest BCUT2D eigenvalue weighted by Gasteiger charge is -2.08. The number of hydrogen-bond acceptors (Lipinski definition) is 7. The molecule has 116 valence electrons. The van der Waals surface area contributed by atoms with Gasteiger partial charge in [0.05, 0.1) is 17.8 Å². The highest BCUT2D eigenvalue weighted by molar-refractivity contribution is 7.07. The van der Waals surface area contributed by atoms with Crippen LogP contribution in [0.15, 0.2) is 18.2 Å². The molecule has 0 bridgehead atoms. The lowest BCUT2D eigenvalue weighted by Crippen LogP contribution is -2.20. The summed E-state index contributed by atoms with van der Waals surface area (Å²) < 4.78 is 13.5. The SMILES string of the molecule is COc1ccc(NC(=O)COC(=O)c2snnc2C)cc1Cl. The minimum absolute atomic E-state index is 0.278. The van der Waals surface area contributed by atoms with Gasteiger partial charge in [-0.15, -0.1) is 5.10 Å². The predicted octanol–water partition coefficient (Wildman–Crippen LogP) is 2.30. The van der Waals surface area contributed by atoms with Crippen LogP contribution < -0.4 is 10.1 Å². The third-order valence-corrected chi connectivity index (χ3v) is 3.71. The van der Waals surface area contributed by atoms with Gasteiger partial charge in [0.1, 0.15) is 5.75 Å². The van der Waals surface area contributed by atoms with Crippen LogP contribution in [-0.4, -0.2) is 35.2 Å². The van der Waals surface area contributed by atoms with Crippen molar-refractivity contribution in [3.8, 4) is 5.75 Å². The average Bonchev–Trinajstić information content (AvgIpc) is 2.91. The predicted molar refractivity (Wildman–Crippen MR) is 81.6 cm³/mol. The van der Waals surface area contributed by atoms with Crippen molar-refractivity contribution in [2.45, 2.75) is 6.92 Å². The van der Waals surface area contributed by atoms with Crippen LogP contribution >= 0.6 is 23.1 Å². The van der Waals surface area contributed by atoms with Crippen LogP contribution in [0.4, 0.5) is 5.69 Å². The first-order chi connectivity index (χ1) is 10.5. The summed E-state index contributed by atoms with van der Waals surface area (Å²) in [5.74, 6) is -0.612. The number of rotatable bonds is 5. The van der Waals surface area contributed by atoms with Gasteiger partial charge < -0.3 is 14.8 Å². The number of benzene rings is 1. The van der Waals surface area contributed by atoms with E-state index in [0.29, 0.717) is 22.2 Å². The van der Waals surface area contributed by atoms with Gasteiger partial charge in [0.25, 0.3) is 5.91 Å². The van der Waals surface area contributed by atoms with Crippen molar-refractivity contribution in [3.05, 3.63) is 33.8 Å². The summed E-state index contributed by atoms with van der Waals surface area (Å²) in [5, 5.41) is 6.63. The number of carbonyl (C=O) groups excluding carboxylic acids is 2. The fourth-order valence-electron chi connectivity index (χ4n) is 1.56. The standard InChI is InChI=1S/C13H12ClN3O4S/c1-7-12(22-17-16-7)13(19)21-6-11(18)15-8-3-4-10(20-2)9(14)5-8/h3-5H,6H2,1-2H3,(H,15,18). The summed E-state index contributed by atoms with van der Waals surface area (Å²) in [4.78, 5) is 23.7. The number of halogens is 1. The molecule has 0 unspecified atom stereocenters. The Labute approximate surface area is 135 Å². The number of amides is 1. The third kappa shape index (κ3) is 3.92. The van der Waals surface area contributed by atoms with E-state index in [2.05, 4.69) is 14.9 Å². The summed E-state index contributed by atoms with van der Waals surface area (Å²) in [5.41, 5.74) is 0.944. The molecule has 0 fully saturated rings. The molecule has 0 spiro atoms. The van der Waals surface area contributed by atoms with Gasteiger partial charge in [-0.05, 0) is 36.7 Å². The highest BCUT2D eigenvalue weighted by atomic mass is 35.5. The van der Waals surface area contributed by atoms with E-state index in [9.17, 15) is 9.59 Å². The number of aryl methyl sites for hydroxylation is 1. The molecule has 22 heavy (non-hydrogen) atoms. The van der Waals surface area contributed by atoms with Gasteiger partial charge in [-0.3, -0.25) is 4.79 Å². The Kier molecular flexibility index (Phi) is 5.29. The Hall–Kier alpha value is -2.19. The molecule has 0 saturated heterocycles. The molecule has 0 aliphatic carbocycles. The normalized spacial score (nSPS) is 10.1. The molecule has 1 aromatic carbocycles. The van der Waals surface area contributed by atoms with Gasteiger partial charge in [0, 0.05) is 5.69 Å². The van der Waals surface area contributed by atoms with Crippen molar-refractivity contribution < 1.29 is 19.1 Å². The lowest BCUT2D eigenvalue weighted by atomic mass is 10.3. The number of nitrogens with one attached hydrogen (secondary N) is 1. The van der Waals surface area contributed by atoms with Gasteiger partial charge in [-0.1, -0.05) is 16.1 Å². The number of carbonyl (C=O) groups is 2. The fraction of sp³-hybridized carbons (Fsp3) is 0.231. The highest BCUT2D eigenvalue weighted by Crippen LogP contribution is 2.27. The molecule has 7 nitrogen and oxygen atoms in total. The quantitative estimate of drug-likeness (QED) is 0.839. The van der Waals surface area contributed by atoms with Crippen molar-refractivity contribution >= 4 is 40.7 Å². The second-order valence-electron chi connectivity index (χ2n) is 4.16. The zero-order chi connectivity index (χ0) is 16.1. The van der Waals surface area contributed by atoms with E-state index in [-0.39, 0.29) is 4.88 Å². The maximum absolute atomic E-state index is 11.7. The Morgan fingerprint density at radius 1 is 1.41 bits per heavy atom. The molecule has 0 atom stereocenters. The Morgan fingerprint density at radius 2 is 2.18 bits per heavy atom. The summed E-state index contributed by atoms with van der Waals surface area (Å²) in [7, 11) is 1.50. The maximum Gasteiger partial charge on any atom is 0.352 e. The fourth-order valence-corrected chi connectivity index (χ4v) is 2.37. The van der Waals surface area contributed by atoms with Crippen LogP contribution in [-0.2, 0) is 9.53 Å². The molecule has 0 aliphatic rings. The molecule has 2 rings (SSSR count). The number of aromatic nitrogens is 2. The van der Waals surface area contributed by atoms with E-state index in [0.717, 1.165) is 11.5 Å². The first-order valence-corrected chi connectivity index (χ1v) is 7.26. The largest absolute Gasteiger partial charge is 0.495 e. The zero-order valence-corrected chi connectivity index (χ0v) is 13.3. The van der Waals surface area contributed by atoms with Crippen molar-refractivity contribution in [2.24, 2.45) is 0 Å². The van der Waals surface area contributed by atoms with Crippen molar-refractivity contribution in [1.29, 1.82) is 0 Å². The van der Waals surface area contributed by atoms with Crippen LogP contribution in [0, 0.1) is 6.92 Å². The van der Waals surface area contributed by atoms with Gasteiger partial charge in [-0.2, -0.15) is 0 Å². The van der Waals surface area contributed by atoms with Gasteiger partial charge in [0.15, 0.2) is 11.5 Å². The van der Waals surface area contributed by atoms with Crippen molar-refractivity contribution in [2.75, 3.05) is 19.0 Å². The van der Waals surface area contributed by atoms with Crippen LogP contribution in [0.1, 0.15) is 15.4 Å². The minimum Gasteiger partial charge on any atom is -0.495 e. The molecule has 9 heteroatoms. The number of esters is 1. The molecule has 1 aromatic heterocycles. The molecular weight excluding hydrogens is 330 g/mol. The Morgan fingerprint density at radius 3 is 2.77 bits per heavy atom. The number of methoxy groups -OCH3 is 1. The summed E-state index contributed by atoms with van der Waals surface area (Å²) in [6, 6.07) is 4.79. The van der Waals surface area contributed by atoms with Crippen LogP contribution in [0.25, 0.3) is 0 Å². The van der Waals surface area contributed by atoms with E-state index < -0.39 is 18.5 Å². The van der Waals surface area contributed by atoms with Crippen LogP contribution in [0.5, 0.6) is 5.75 Å². The van der Waals surface area contributed by atoms with Gasteiger partial charge >= 0.3 is 5.97 Å². The monoisotopic (exact) mass is 341 g/mol. The Balaban J connectivity index is 1.89. The zero-order valence-electron chi connectivity index (χ0n) is 11.8. The molecule has 0 saturated carbocycles. The van der Waals surface area contributed by atoms with E-state index in [1.54, 1.807) is 19.1 Å². The van der Waals surface area contributed by atoms with E-state index in [4.69, 9.17) is 21.1 Å². The number of anilines is 1. The summed E-state index contributed by atoms with van der Waals surface area (Å²) >= 11 is 6.87. The van der Waals surface area contributed by atoms with Crippen molar-refractivity contribution in [1.82, 2.24) is 9.59 Å². The highest BCUT2D eigenvalue weighted by Gasteiger charge is 2.16. The first-order valence-electron chi connectivity index (χ1n) is 6.10. The molecule has 0 aliphatic heterocycles. The molecule has 1 amide bonds. The number of hydrogen-bond donors (Lipinski definition) is 1.